The fourth-order valence-electron chi connectivity index (χ4n) is 3.16. The van der Waals surface area contributed by atoms with Gasteiger partial charge in [0.25, 0.3) is 5.91 Å². The number of furan rings is 1. The van der Waals surface area contributed by atoms with Gasteiger partial charge in [0.05, 0.1) is 0 Å². The minimum Gasteiger partial charge on any atom is -0.460 e. The summed E-state index contributed by atoms with van der Waals surface area (Å²) in [5.41, 5.74) is 3.44. The second kappa shape index (κ2) is 6.12. The number of nitrogens with zero attached hydrogens (tertiary/aromatic N) is 3. The van der Waals surface area contributed by atoms with Crippen LogP contribution in [0.25, 0.3) is 11.5 Å². The molecule has 0 saturated carbocycles. The molecule has 1 N–H and O–H groups in total. The van der Waals surface area contributed by atoms with E-state index in [0.29, 0.717) is 30.2 Å². The van der Waals surface area contributed by atoms with Gasteiger partial charge in [-0.15, -0.1) is 0 Å². The third-order valence-corrected chi connectivity index (χ3v) is 4.56. The van der Waals surface area contributed by atoms with Crippen LogP contribution >= 0.6 is 0 Å². The molecular formula is C19H20N4O2. The van der Waals surface area contributed by atoms with Gasteiger partial charge in [-0.3, -0.25) is 9.89 Å². The predicted molar refractivity (Wildman–Crippen MR) is 95.5 cm³/mol. The van der Waals surface area contributed by atoms with Crippen LogP contribution in [-0.4, -0.2) is 41.1 Å². The van der Waals surface area contributed by atoms with Gasteiger partial charge < -0.3 is 14.2 Å². The predicted octanol–water partition coefficient (Wildman–Crippen LogP) is 3.07. The second-order valence-electron chi connectivity index (χ2n) is 6.35. The molecule has 0 unspecified atom stereocenters. The van der Waals surface area contributed by atoms with Gasteiger partial charge >= 0.3 is 0 Å². The quantitative estimate of drug-likeness (QED) is 0.781. The number of likely N-dealkylation sites (N-methyl/N-ethyl adjacent to an activating group) is 1. The summed E-state index contributed by atoms with van der Waals surface area (Å²) in [7, 11) is 2.05. The fraction of sp³-hybridized carbons (Fsp3) is 0.263. The van der Waals surface area contributed by atoms with Crippen molar-refractivity contribution in [1.82, 2.24) is 15.1 Å². The van der Waals surface area contributed by atoms with Gasteiger partial charge in [-0.25, -0.2) is 0 Å². The largest absolute Gasteiger partial charge is 0.460 e. The molecule has 3 aromatic rings. The summed E-state index contributed by atoms with van der Waals surface area (Å²) in [4.78, 5) is 16.9. The van der Waals surface area contributed by atoms with Crippen LogP contribution in [0.15, 0.2) is 46.9 Å². The molecule has 0 fully saturated rings. The molecule has 25 heavy (non-hydrogen) atoms. The number of benzene rings is 1. The molecule has 1 amide bonds. The van der Waals surface area contributed by atoms with Crippen molar-refractivity contribution in [2.24, 2.45) is 0 Å². The Labute approximate surface area is 146 Å². The Morgan fingerprint density at radius 1 is 1.20 bits per heavy atom. The molecule has 6 heteroatoms. The minimum absolute atomic E-state index is 0.0733. The molecule has 3 heterocycles. The zero-order valence-electron chi connectivity index (χ0n) is 14.3. The maximum atomic E-state index is 12.9. The maximum absolute atomic E-state index is 12.9. The highest BCUT2D eigenvalue weighted by Gasteiger charge is 2.24. The number of anilines is 1. The standard InChI is InChI=1S/C19H20N4O2/c1-13-7-8-18(25-13)15-11-16(21-20-15)19(24)23-10-9-22(2)17-6-4-3-5-14(17)12-23/h3-8,11H,9-10,12H2,1-2H3,(H,20,21). The van der Waals surface area contributed by atoms with Gasteiger partial charge in [0.2, 0.25) is 0 Å². The number of aromatic amines is 1. The molecule has 4 rings (SSSR count). The first-order valence-electron chi connectivity index (χ1n) is 8.32. The molecule has 2 aromatic heterocycles. The van der Waals surface area contributed by atoms with Gasteiger partial charge in [-0.05, 0) is 30.7 Å². The van der Waals surface area contributed by atoms with E-state index in [9.17, 15) is 4.79 Å². The number of aromatic nitrogens is 2. The van der Waals surface area contributed by atoms with Gasteiger partial charge in [0.1, 0.15) is 11.5 Å². The van der Waals surface area contributed by atoms with Crippen LogP contribution in [-0.2, 0) is 6.54 Å². The van der Waals surface area contributed by atoms with Gasteiger partial charge in [-0.1, -0.05) is 18.2 Å². The van der Waals surface area contributed by atoms with E-state index in [1.807, 2.05) is 36.1 Å². The molecule has 6 nitrogen and oxygen atoms in total. The number of nitrogens with one attached hydrogen (secondary N) is 1. The van der Waals surface area contributed by atoms with E-state index in [1.54, 1.807) is 6.07 Å². The number of aryl methyl sites for hydroxylation is 1. The number of carbonyl (C=O) groups excluding carboxylic acids is 1. The number of rotatable bonds is 2. The van der Waals surface area contributed by atoms with E-state index in [2.05, 4.69) is 34.3 Å². The Morgan fingerprint density at radius 3 is 2.84 bits per heavy atom. The SMILES string of the molecule is Cc1ccc(-c2cc(C(=O)N3CCN(C)c4ccccc4C3)n[nH]2)o1. The van der Waals surface area contributed by atoms with Crippen LogP contribution in [0.5, 0.6) is 0 Å². The summed E-state index contributed by atoms with van der Waals surface area (Å²) < 4.78 is 5.59. The van der Waals surface area contributed by atoms with Crippen LogP contribution < -0.4 is 4.90 Å². The Morgan fingerprint density at radius 2 is 2.04 bits per heavy atom. The normalized spacial score (nSPS) is 14.3. The molecule has 128 valence electrons. The van der Waals surface area contributed by atoms with E-state index in [0.717, 1.165) is 17.9 Å². The van der Waals surface area contributed by atoms with Crippen molar-refractivity contribution in [1.29, 1.82) is 0 Å². The van der Waals surface area contributed by atoms with E-state index < -0.39 is 0 Å². The van der Waals surface area contributed by atoms with Gasteiger partial charge in [0.15, 0.2) is 11.5 Å². The van der Waals surface area contributed by atoms with Crippen molar-refractivity contribution in [3.63, 3.8) is 0 Å². The lowest BCUT2D eigenvalue weighted by Gasteiger charge is -2.20. The molecule has 0 atom stereocenters. The molecule has 0 aliphatic carbocycles. The zero-order valence-corrected chi connectivity index (χ0v) is 14.3. The second-order valence-corrected chi connectivity index (χ2v) is 6.35. The van der Waals surface area contributed by atoms with Crippen molar-refractivity contribution in [3.05, 3.63) is 59.5 Å². The topological polar surface area (TPSA) is 65.4 Å². The number of fused-ring (bicyclic) bond motifs is 1. The molecule has 0 bridgehead atoms. The van der Waals surface area contributed by atoms with Gasteiger partial charge in [0, 0.05) is 38.4 Å². The number of H-pyrrole nitrogens is 1. The number of para-hydroxylation sites is 1. The van der Waals surface area contributed by atoms with Crippen LogP contribution in [0.3, 0.4) is 0 Å². The smallest absolute Gasteiger partial charge is 0.274 e. The molecule has 0 radical (unpaired) electrons. The highest BCUT2D eigenvalue weighted by molar-refractivity contribution is 5.93. The Bertz CT molecular complexity index is 912. The van der Waals surface area contributed by atoms with Crippen molar-refractivity contribution in [2.45, 2.75) is 13.5 Å². The Hall–Kier alpha value is -3.02. The minimum atomic E-state index is -0.0733. The molecular weight excluding hydrogens is 316 g/mol. The summed E-state index contributed by atoms with van der Waals surface area (Å²) in [6, 6.07) is 13.7. The van der Waals surface area contributed by atoms with Crippen LogP contribution in [0, 0.1) is 6.92 Å². The third kappa shape index (κ3) is 2.91. The van der Waals surface area contributed by atoms with Crippen LogP contribution in [0.1, 0.15) is 21.8 Å². The highest BCUT2D eigenvalue weighted by atomic mass is 16.3. The van der Waals surface area contributed by atoms with Crippen LogP contribution in [0.2, 0.25) is 0 Å². The summed E-state index contributed by atoms with van der Waals surface area (Å²) >= 11 is 0. The van der Waals surface area contributed by atoms with E-state index >= 15 is 0 Å². The summed E-state index contributed by atoms with van der Waals surface area (Å²) in [5.74, 6) is 1.44. The first-order chi connectivity index (χ1) is 12.1. The van der Waals surface area contributed by atoms with Crippen molar-refractivity contribution >= 4 is 11.6 Å². The molecule has 1 aliphatic rings. The highest BCUT2D eigenvalue weighted by Crippen LogP contribution is 2.25. The third-order valence-electron chi connectivity index (χ3n) is 4.56. The van der Waals surface area contributed by atoms with Crippen molar-refractivity contribution in [3.8, 4) is 11.5 Å². The van der Waals surface area contributed by atoms with E-state index in [-0.39, 0.29) is 5.91 Å². The number of hydrogen-bond donors (Lipinski definition) is 1. The monoisotopic (exact) mass is 336 g/mol. The summed E-state index contributed by atoms with van der Waals surface area (Å²) in [6.07, 6.45) is 0. The number of carbonyl (C=O) groups is 1. The lowest BCUT2D eigenvalue weighted by Crippen LogP contribution is -2.34. The fourth-order valence-corrected chi connectivity index (χ4v) is 3.16. The van der Waals surface area contributed by atoms with Gasteiger partial charge in [-0.2, -0.15) is 5.10 Å². The zero-order chi connectivity index (χ0) is 17.4. The van der Waals surface area contributed by atoms with Crippen molar-refractivity contribution in [2.75, 3.05) is 25.0 Å². The van der Waals surface area contributed by atoms with Crippen LogP contribution in [0.4, 0.5) is 5.69 Å². The number of hydrogen-bond acceptors (Lipinski definition) is 4. The average Bonchev–Trinajstić information content (AvgIpc) is 3.23. The lowest BCUT2D eigenvalue weighted by molar-refractivity contribution is 0.0746. The van der Waals surface area contributed by atoms with E-state index in [1.165, 1.54) is 5.69 Å². The van der Waals surface area contributed by atoms with Crippen molar-refractivity contribution < 1.29 is 9.21 Å². The molecule has 0 spiro atoms. The van der Waals surface area contributed by atoms with E-state index in [4.69, 9.17) is 4.42 Å². The number of amides is 1. The Balaban J connectivity index is 1.58. The molecule has 0 saturated heterocycles. The lowest BCUT2D eigenvalue weighted by atomic mass is 10.1. The molecule has 1 aromatic carbocycles. The summed E-state index contributed by atoms with van der Waals surface area (Å²) in [6.45, 7) is 3.92. The maximum Gasteiger partial charge on any atom is 0.274 e. The Kier molecular flexibility index (Phi) is 3.80. The first kappa shape index (κ1) is 15.5. The molecule has 1 aliphatic heterocycles. The first-order valence-corrected chi connectivity index (χ1v) is 8.32. The summed E-state index contributed by atoms with van der Waals surface area (Å²) in [5, 5.41) is 7.09. The average molecular weight is 336 g/mol.